The lowest BCUT2D eigenvalue weighted by Gasteiger charge is -2.17. The monoisotopic (exact) mass is 272 g/mol. The first-order valence-electron chi connectivity index (χ1n) is 5.75. The fourth-order valence-electron chi connectivity index (χ4n) is 1.83. The van der Waals surface area contributed by atoms with Crippen LogP contribution in [0.4, 0.5) is 11.5 Å². The maximum atomic E-state index is 11.1. The number of nitro groups is 1. The second kappa shape index (κ2) is 5.36. The van der Waals surface area contributed by atoms with E-state index in [0.717, 1.165) is 5.82 Å². The summed E-state index contributed by atoms with van der Waals surface area (Å²) in [5.41, 5.74) is -0.293. The molecule has 0 aromatic carbocycles. The molecule has 0 spiro atoms. The first-order valence-corrected chi connectivity index (χ1v) is 5.75. The molecule has 8 heteroatoms. The third-order valence-corrected chi connectivity index (χ3v) is 2.87. The summed E-state index contributed by atoms with van der Waals surface area (Å²) in [7, 11) is 3.51. The molecule has 0 saturated carbocycles. The number of rotatable bonds is 4. The zero-order chi connectivity index (χ0) is 14.7. The molecule has 2 heterocycles. The number of aryl methyl sites for hydroxylation is 1. The Balaban J connectivity index is 2.40. The van der Waals surface area contributed by atoms with E-state index >= 15 is 0 Å². The van der Waals surface area contributed by atoms with Gasteiger partial charge in [-0.2, -0.15) is 5.26 Å². The van der Waals surface area contributed by atoms with Crippen LogP contribution in [0.3, 0.4) is 0 Å². The molecule has 0 atom stereocenters. The SMILES string of the molecule is CN(Cc1nccn1C)c1nccc(C#N)c1[N+](=O)[O-]. The van der Waals surface area contributed by atoms with Crippen LogP contribution in [0.1, 0.15) is 11.4 Å². The predicted octanol–water partition coefficient (Wildman–Crippen LogP) is 1.23. The van der Waals surface area contributed by atoms with Crippen molar-refractivity contribution >= 4 is 11.5 Å². The molecule has 2 aromatic heterocycles. The first kappa shape index (κ1) is 13.5. The van der Waals surface area contributed by atoms with Crippen molar-refractivity contribution in [1.82, 2.24) is 14.5 Å². The van der Waals surface area contributed by atoms with Crippen molar-refractivity contribution in [2.24, 2.45) is 7.05 Å². The van der Waals surface area contributed by atoms with Crippen molar-refractivity contribution in [3.63, 3.8) is 0 Å². The maximum absolute atomic E-state index is 11.1. The number of hydrogen-bond acceptors (Lipinski definition) is 6. The fourth-order valence-corrected chi connectivity index (χ4v) is 1.83. The highest BCUT2D eigenvalue weighted by Gasteiger charge is 2.24. The molecule has 0 bridgehead atoms. The van der Waals surface area contributed by atoms with Gasteiger partial charge < -0.3 is 9.47 Å². The first-order chi connectivity index (χ1) is 9.54. The highest BCUT2D eigenvalue weighted by atomic mass is 16.6. The van der Waals surface area contributed by atoms with Gasteiger partial charge in [0, 0.05) is 32.7 Å². The van der Waals surface area contributed by atoms with Crippen LogP contribution >= 0.6 is 0 Å². The normalized spacial score (nSPS) is 10.1. The van der Waals surface area contributed by atoms with E-state index in [9.17, 15) is 10.1 Å². The maximum Gasteiger partial charge on any atom is 0.329 e. The summed E-state index contributed by atoms with van der Waals surface area (Å²) >= 11 is 0. The molecule has 0 N–H and O–H groups in total. The molecule has 0 fully saturated rings. The van der Waals surface area contributed by atoms with Crippen LogP contribution in [0.15, 0.2) is 24.7 Å². The van der Waals surface area contributed by atoms with Gasteiger partial charge in [-0.15, -0.1) is 0 Å². The summed E-state index contributed by atoms with van der Waals surface area (Å²) in [6.45, 7) is 0.353. The molecule has 0 radical (unpaired) electrons. The summed E-state index contributed by atoms with van der Waals surface area (Å²) in [6, 6.07) is 3.14. The van der Waals surface area contributed by atoms with Gasteiger partial charge >= 0.3 is 5.69 Å². The van der Waals surface area contributed by atoms with Crippen molar-refractivity contribution in [3.8, 4) is 6.07 Å². The van der Waals surface area contributed by atoms with Gasteiger partial charge in [0.25, 0.3) is 0 Å². The number of hydrogen-bond donors (Lipinski definition) is 0. The van der Waals surface area contributed by atoms with E-state index in [1.165, 1.54) is 12.3 Å². The smallest absolute Gasteiger partial charge is 0.329 e. The van der Waals surface area contributed by atoms with Crippen molar-refractivity contribution in [1.29, 1.82) is 5.26 Å². The number of nitrogens with zero attached hydrogens (tertiary/aromatic N) is 6. The summed E-state index contributed by atoms with van der Waals surface area (Å²) in [6.07, 6.45) is 4.82. The molecular weight excluding hydrogens is 260 g/mol. The highest BCUT2D eigenvalue weighted by Crippen LogP contribution is 2.28. The van der Waals surface area contributed by atoms with Crippen molar-refractivity contribution in [3.05, 3.63) is 46.2 Å². The summed E-state index contributed by atoms with van der Waals surface area (Å²) < 4.78 is 1.82. The topological polar surface area (TPSA) is 101 Å². The van der Waals surface area contributed by atoms with Crippen LogP contribution in [0, 0.1) is 21.4 Å². The number of pyridine rings is 1. The molecule has 102 valence electrons. The van der Waals surface area contributed by atoms with E-state index in [0.29, 0.717) is 6.54 Å². The Labute approximate surface area is 115 Å². The Kier molecular flexibility index (Phi) is 3.61. The third kappa shape index (κ3) is 2.42. The Hall–Kier alpha value is -2.95. The van der Waals surface area contributed by atoms with E-state index < -0.39 is 4.92 Å². The number of aromatic nitrogens is 3. The fraction of sp³-hybridized carbons (Fsp3) is 0.250. The molecule has 0 unspecified atom stereocenters. The lowest BCUT2D eigenvalue weighted by molar-refractivity contribution is -0.384. The number of imidazole rings is 1. The van der Waals surface area contributed by atoms with E-state index in [1.807, 2.05) is 17.7 Å². The molecule has 2 aromatic rings. The van der Waals surface area contributed by atoms with Gasteiger partial charge in [0.1, 0.15) is 17.5 Å². The Morgan fingerprint density at radius 2 is 2.25 bits per heavy atom. The standard InChI is InChI=1S/C12H12N6O2/c1-16-6-5-14-10(16)8-17(2)12-11(18(19)20)9(7-13)3-4-15-12/h3-6H,8H2,1-2H3. The second-order valence-corrected chi connectivity index (χ2v) is 4.21. The minimum atomic E-state index is -0.587. The minimum absolute atomic E-state index is 0.00769. The molecule has 20 heavy (non-hydrogen) atoms. The van der Waals surface area contributed by atoms with Crippen molar-refractivity contribution in [2.45, 2.75) is 6.54 Å². The number of anilines is 1. The highest BCUT2D eigenvalue weighted by molar-refractivity contribution is 5.65. The van der Waals surface area contributed by atoms with Crippen LogP contribution in [-0.2, 0) is 13.6 Å². The van der Waals surface area contributed by atoms with Crippen LogP contribution in [0.2, 0.25) is 0 Å². The molecule has 2 rings (SSSR count). The van der Waals surface area contributed by atoms with E-state index in [4.69, 9.17) is 5.26 Å². The molecule has 0 amide bonds. The summed E-state index contributed by atoms with van der Waals surface area (Å²) in [5.74, 6) is 0.892. The Morgan fingerprint density at radius 1 is 1.50 bits per heavy atom. The lowest BCUT2D eigenvalue weighted by Crippen LogP contribution is -2.21. The molecule has 8 nitrogen and oxygen atoms in total. The largest absolute Gasteiger partial charge is 0.346 e. The van der Waals surface area contributed by atoms with Crippen molar-refractivity contribution in [2.75, 3.05) is 11.9 Å². The molecule has 0 aliphatic carbocycles. The number of nitriles is 1. The molecule has 0 saturated heterocycles. The summed E-state index contributed by atoms with van der Waals surface area (Å²) in [5, 5.41) is 20.1. The van der Waals surface area contributed by atoms with Gasteiger partial charge in [-0.25, -0.2) is 9.97 Å². The van der Waals surface area contributed by atoms with Crippen molar-refractivity contribution < 1.29 is 4.92 Å². The van der Waals surface area contributed by atoms with E-state index in [1.54, 1.807) is 24.3 Å². The average molecular weight is 272 g/mol. The van der Waals surface area contributed by atoms with Crippen LogP contribution in [0.5, 0.6) is 0 Å². The van der Waals surface area contributed by atoms with Gasteiger partial charge in [0.15, 0.2) is 0 Å². The predicted molar refractivity (Wildman–Crippen MR) is 70.9 cm³/mol. The average Bonchev–Trinajstić information content (AvgIpc) is 2.83. The Bertz CT molecular complexity index is 687. The van der Waals surface area contributed by atoms with Crippen LogP contribution in [0.25, 0.3) is 0 Å². The molecule has 0 aliphatic heterocycles. The minimum Gasteiger partial charge on any atom is -0.346 e. The van der Waals surface area contributed by atoms with Gasteiger partial charge in [-0.3, -0.25) is 10.1 Å². The van der Waals surface area contributed by atoms with E-state index in [-0.39, 0.29) is 17.1 Å². The van der Waals surface area contributed by atoms with Crippen LogP contribution < -0.4 is 4.90 Å². The molecule has 0 aliphatic rings. The zero-order valence-electron chi connectivity index (χ0n) is 11.0. The van der Waals surface area contributed by atoms with Crippen LogP contribution in [-0.4, -0.2) is 26.5 Å². The van der Waals surface area contributed by atoms with E-state index in [2.05, 4.69) is 9.97 Å². The third-order valence-electron chi connectivity index (χ3n) is 2.87. The summed E-state index contributed by atoms with van der Waals surface area (Å²) in [4.78, 5) is 20.3. The lowest BCUT2D eigenvalue weighted by atomic mass is 10.2. The zero-order valence-corrected chi connectivity index (χ0v) is 11.0. The van der Waals surface area contributed by atoms with Gasteiger partial charge in [-0.05, 0) is 6.07 Å². The van der Waals surface area contributed by atoms with Gasteiger partial charge in [0.05, 0.1) is 11.5 Å². The quantitative estimate of drug-likeness (QED) is 0.613. The molecular formula is C12H12N6O2. The Morgan fingerprint density at radius 3 is 2.80 bits per heavy atom. The second-order valence-electron chi connectivity index (χ2n) is 4.21. The van der Waals surface area contributed by atoms with Gasteiger partial charge in [0.2, 0.25) is 5.82 Å². The van der Waals surface area contributed by atoms with Gasteiger partial charge in [-0.1, -0.05) is 0 Å².